The number of aromatic nitrogens is 1. The lowest BCUT2D eigenvalue weighted by atomic mass is 10.0. The van der Waals surface area contributed by atoms with Crippen molar-refractivity contribution < 1.29 is 0 Å². The van der Waals surface area contributed by atoms with E-state index in [0.29, 0.717) is 34.7 Å². The predicted octanol–water partition coefficient (Wildman–Crippen LogP) is 2.16. The number of thiocarbonyl (C=S) groups is 2. The van der Waals surface area contributed by atoms with Gasteiger partial charge in [-0.3, -0.25) is 15.8 Å². The number of benzene rings is 1. The number of hydrogen-bond acceptors (Lipinski definition) is 5. The second-order valence-electron chi connectivity index (χ2n) is 5.47. The third kappa shape index (κ3) is 6.67. The highest BCUT2D eigenvalue weighted by Gasteiger charge is 2.16. The first-order valence-electron chi connectivity index (χ1n) is 8.85. The van der Waals surface area contributed by atoms with Crippen LogP contribution in [0.3, 0.4) is 0 Å². The number of nitrogens with one attached hydrogen (secondary N) is 4. The summed E-state index contributed by atoms with van der Waals surface area (Å²) < 4.78 is 0. The molecular weight excluding hydrogens is 390 g/mol. The summed E-state index contributed by atoms with van der Waals surface area (Å²) in [6.45, 7) is 5.32. The van der Waals surface area contributed by atoms with Gasteiger partial charge in [-0.1, -0.05) is 30.3 Å². The maximum Gasteiger partial charge on any atom is 0.186 e. The molecule has 0 aliphatic carbocycles. The van der Waals surface area contributed by atoms with Crippen molar-refractivity contribution in [1.29, 1.82) is 0 Å². The van der Waals surface area contributed by atoms with E-state index in [4.69, 9.17) is 24.4 Å². The number of hydrogen-bond donors (Lipinski definition) is 4. The fourth-order valence-corrected chi connectivity index (χ4v) is 2.60. The fraction of sp³-hybridized carbons (Fsp3) is 0.211. The molecule has 0 aliphatic heterocycles. The van der Waals surface area contributed by atoms with Gasteiger partial charge in [-0.15, -0.1) is 0 Å². The first-order valence-corrected chi connectivity index (χ1v) is 9.66. The number of hydrazone groups is 2. The zero-order chi connectivity index (χ0) is 20.2. The fourth-order valence-electron chi connectivity index (χ4n) is 2.22. The molecule has 0 radical (unpaired) electrons. The Balaban J connectivity index is 2.48. The lowest BCUT2D eigenvalue weighted by Crippen LogP contribution is -2.35. The minimum Gasteiger partial charge on any atom is -0.362 e. The topological polar surface area (TPSA) is 85.7 Å². The molecule has 146 valence electrons. The molecule has 1 aromatic carbocycles. The molecule has 0 saturated carbocycles. The van der Waals surface area contributed by atoms with Crippen molar-refractivity contribution >= 4 is 46.1 Å². The van der Waals surface area contributed by atoms with Gasteiger partial charge in [0, 0.05) is 36.6 Å². The van der Waals surface area contributed by atoms with E-state index in [0.717, 1.165) is 11.1 Å². The normalized spacial score (nSPS) is 11.5. The Morgan fingerprint density at radius 3 is 1.86 bits per heavy atom. The van der Waals surface area contributed by atoms with Crippen molar-refractivity contribution in [3.63, 3.8) is 0 Å². The SMILES string of the molecule is CCNC(=S)NN=C(C(=NNC(=S)NCC)c1cccnc1)c1ccccc1. The van der Waals surface area contributed by atoms with Crippen LogP contribution in [0.5, 0.6) is 0 Å². The molecule has 4 N–H and O–H groups in total. The van der Waals surface area contributed by atoms with E-state index in [-0.39, 0.29) is 0 Å². The maximum absolute atomic E-state index is 5.24. The highest BCUT2D eigenvalue weighted by molar-refractivity contribution is 7.80. The van der Waals surface area contributed by atoms with Gasteiger partial charge in [0.2, 0.25) is 0 Å². The molecule has 1 heterocycles. The summed E-state index contributed by atoms with van der Waals surface area (Å²) in [7, 11) is 0. The molecule has 28 heavy (non-hydrogen) atoms. The van der Waals surface area contributed by atoms with Crippen LogP contribution in [-0.4, -0.2) is 39.7 Å². The number of nitrogens with zero attached hydrogens (tertiary/aromatic N) is 3. The Labute approximate surface area is 175 Å². The Morgan fingerprint density at radius 2 is 1.36 bits per heavy atom. The van der Waals surface area contributed by atoms with Crippen LogP contribution in [0.1, 0.15) is 25.0 Å². The molecule has 0 bridgehead atoms. The molecule has 0 unspecified atom stereocenters. The van der Waals surface area contributed by atoms with Crippen LogP contribution in [-0.2, 0) is 0 Å². The van der Waals surface area contributed by atoms with Gasteiger partial charge in [0.05, 0.1) is 0 Å². The van der Waals surface area contributed by atoms with Crippen LogP contribution in [0.15, 0.2) is 65.1 Å². The lowest BCUT2D eigenvalue weighted by molar-refractivity contribution is 0.897. The number of pyridine rings is 1. The molecular formula is C19H23N7S2. The standard InChI is InChI=1S/C19H23N7S2/c1-3-21-18(27)25-23-16(14-9-6-5-7-10-14)17(15-11-8-12-20-13-15)24-26-19(28)22-4-2/h5-13H,3-4H2,1-2H3,(H2,21,25,27)(H2,22,26,28). The molecule has 0 amide bonds. The van der Waals surface area contributed by atoms with Gasteiger partial charge in [0.1, 0.15) is 11.4 Å². The zero-order valence-corrected chi connectivity index (χ0v) is 17.4. The Bertz CT molecular complexity index is 764. The highest BCUT2D eigenvalue weighted by Crippen LogP contribution is 2.09. The van der Waals surface area contributed by atoms with Crippen molar-refractivity contribution in [2.45, 2.75) is 13.8 Å². The van der Waals surface area contributed by atoms with Crippen molar-refractivity contribution in [3.8, 4) is 0 Å². The summed E-state index contributed by atoms with van der Waals surface area (Å²) >= 11 is 10.5. The van der Waals surface area contributed by atoms with E-state index in [1.54, 1.807) is 12.4 Å². The summed E-state index contributed by atoms with van der Waals surface area (Å²) in [6, 6.07) is 13.5. The van der Waals surface area contributed by atoms with E-state index in [1.165, 1.54) is 0 Å². The van der Waals surface area contributed by atoms with E-state index in [9.17, 15) is 0 Å². The van der Waals surface area contributed by atoms with Crippen molar-refractivity contribution in [3.05, 3.63) is 66.0 Å². The minimum absolute atomic E-state index is 0.424. The molecule has 9 heteroatoms. The average Bonchev–Trinajstić information content (AvgIpc) is 2.72. The molecule has 2 aromatic rings. The molecule has 0 atom stereocenters. The van der Waals surface area contributed by atoms with Crippen molar-refractivity contribution in [2.75, 3.05) is 13.1 Å². The molecule has 7 nitrogen and oxygen atoms in total. The first kappa shape index (κ1) is 21.4. The maximum atomic E-state index is 5.24. The monoisotopic (exact) mass is 413 g/mol. The molecule has 0 spiro atoms. The molecule has 0 fully saturated rings. The largest absolute Gasteiger partial charge is 0.362 e. The second kappa shape index (κ2) is 11.7. The van der Waals surface area contributed by atoms with Gasteiger partial charge < -0.3 is 10.6 Å². The molecule has 0 saturated heterocycles. The summed E-state index contributed by atoms with van der Waals surface area (Å²) in [5, 5.41) is 15.9. The van der Waals surface area contributed by atoms with Crippen LogP contribution in [0, 0.1) is 0 Å². The van der Waals surface area contributed by atoms with Gasteiger partial charge in [-0.2, -0.15) is 10.2 Å². The Kier molecular flexibility index (Phi) is 8.96. The lowest BCUT2D eigenvalue weighted by Gasteiger charge is -2.13. The smallest absolute Gasteiger partial charge is 0.186 e. The van der Waals surface area contributed by atoms with Gasteiger partial charge in [0.25, 0.3) is 0 Å². The predicted molar refractivity (Wildman–Crippen MR) is 123 cm³/mol. The van der Waals surface area contributed by atoms with E-state index in [1.807, 2.05) is 56.3 Å². The summed E-state index contributed by atoms with van der Waals surface area (Å²) in [5.41, 5.74) is 8.57. The third-order valence-corrected chi connectivity index (χ3v) is 3.89. The van der Waals surface area contributed by atoms with Gasteiger partial charge >= 0.3 is 0 Å². The van der Waals surface area contributed by atoms with E-state index in [2.05, 4.69) is 36.7 Å². The van der Waals surface area contributed by atoms with Gasteiger partial charge in [-0.05, 0) is 50.4 Å². The van der Waals surface area contributed by atoms with Crippen LogP contribution >= 0.6 is 24.4 Å². The summed E-state index contributed by atoms with van der Waals surface area (Å²) in [6.07, 6.45) is 3.42. The first-order chi connectivity index (χ1) is 13.7. The van der Waals surface area contributed by atoms with Crippen molar-refractivity contribution in [2.24, 2.45) is 10.2 Å². The van der Waals surface area contributed by atoms with Crippen molar-refractivity contribution in [1.82, 2.24) is 26.5 Å². The van der Waals surface area contributed by atoms with Crippen LogP contribution in [0.2, 0.25) is 0 Å². The Morgan fingerprint density at radius 1 is 0.821 bits per heavy atom. The van der Waals surface area contributed by atoms with E-state index < -0.39 is 0 Å². The van der Waals surface area contributed by atoms with Crippen LogP contribution in [0.25, 0.3) is 0 Å². The zero-order valence-electron chi connectivity index (χ0n) is 15.8. The van der Waals surface area contributed by atoms with E-state index >= 15 is 0 Å². The second-order valence-corrected chi connectivity index (χ2v) is 6.29. The van der Waals surface area contributed by atoms with Crippen LogP contribution < -0.4 is 21.5 Å². The minimum atomic E-state index is 0.424. The molecule has 1 aromatic heterocycles. The summed E-state index contributed by atoms with van der Waals surface area (Å²) in [5.74, 6) is 0. The number of rotatable bonds is 7. The highest BCUT2D eigenvalue weighted by atomic mass is 32.1. The van der Waals surface area contributed by atoms with Gasteiger partial charge in [0.15, 0.2) is 10.2 Å². The quantitative estimate of drug-likeness (QED) is 0.314. The summed E-state index contributed by atoms with van der Waals surface area (Å²) in [4.78, 5) is 4.20. The molecule has 2 rings (SSSR count). The molecule has 0 aliphatic rings. The average molecular weight is 414 g/mol. The van der Waals surface area contributed by atoms with Gasteiger partial charge in [-0.25, -0.2) is 0 Å². The third-order valence-electron chi connectivity index (χ3n) is 3.42. The van der Waals surface area contributed by atoms with Crippen LogP contribution in [0.4, 0.5) is 0 Å². The Hall–Kier alpha value is -2.91.